The maximum Gasteiger partial charge on any atom is 0.313 e. The van der Waals surface area contributed by atoms with Crippen LogP contribution in [0.25, 0.3) is 15.4 Å². The number of halogens is 2. The lowest BCUT2D eigenvalue weighted by molar-refractivity contribution is -0.133. The molecule has 2 aromatic heterocycles. The van der Waals surface area contributed by atoms with Crippen molar-refractivity contribution in [2.75, 3.05) is 5.75 Å². The SMILES string of the molecule is O=C(O)CSc1nncn1-c1sc(-c2cc(F)cc(F)c2)c2c1CCCC2. The number of nitrogens with zero attached hydrogens (tertiary/aromatic N) is 3. The van der Waals surface area contributed by atoms with Crippen molar-refractivity contribution < 1.29 is 18.7 Å². The third kappa shape index (κ3) is 3.61. The summed E-state index contributed by atoms with van der Waals surface area (Å²) in [5, 5.41) is 18.2. The van der Waals surface area contributed by atoms with E-state index >= 15 is 0 Å². The van der Waals surface area contributed by atoms with E-state index < -0.39 is 17.6 Å². The van der Waals surface area contributed by atoms with Crippen LogP contribution in [-0.2, 0) is 17.6 Å². The third-order valence-electron chi connectivity index (χ3n) is 4.38. The Morgan fingerprint density at radius 3 is 2.59 bits per heavy atom. The molecule has 27 heavy (non-hydrogen) atoms. The van der Waals surface area contributed by atoms with Gasteiger partial charge in [-0.3, -0.25) is 9.36 Å². The van der Waals surface area contributed by atoms with Gasteiger partial charge in [0.2, 0.25) is 0 Å². The molecule has 0 aliphatic heterocycles. The largest absolute Gasteiger partial charge is 0.481 e. The van der Waals surface area contributed by atoms with Crippen LogP contribution in [0, 0.1) is 11.6 Å². The van der Waals surface area contributed by atoms with Crippen LogP contribution in [0.1, 0.15) is 24.0 Å². The summed E-state index contributed by atoms with van der Waals surface area (Å²) >= 11 is 2.53. The molecule has 0 spiro atoms. The zero-order chi connectivity index (χ0) is 19.0. The number of carbonyl (C=O) groups is 1. The molecule has 0 unspecified atom stereocenters. The van der Waals surface area contributed by atoms with Gasteiger partial charge in [0.1, 0.15) is 23.0 Å². The van der Waals surface area contributed by atoms with Crippen LogP contribution in [0.5, 0.6) is 0 Å². The number of aliphatic carboxylic acids is 1. The van der Waals surface area contributed by atoms with Gasteiger partial charge in [0, 0.05) is 10.9 Å². The Balaban J connectivity index is 1.82. The van der Waals surface area contributed by atoms with E-state index in [-0.39, 0.29) is 5.75 Å². The molecule has 0 saturated heterocycles. The van der Waals surface area contributed by atoms with Crippen LogP contribution < -0.4 is 0 Å². The molecule has 0 fully saturated rings. The van der Waals surface area contributed by atoms with Crippen molar-refractivity contribution in [3.63, 3.8) is 0 Å². The summed E-state index contributed by atoms with van der Waals surface area (Å²) in [7, 11) is 0. The van der Waals surface area contributed by atoms with E-state index in [0.717, 1.165) is 64.5 Å². The minimum atomic E-state index is -0.932. The van der Waals surface area contributed by atoms with Crippen LogP contribution >= 0.6 is 23.1 Å². The fourth-order valence-corrected chi connectivity index (χ4v) is 5.36. The summed E-state index contributed by atoms with van der Waals surface area (Å²) in [5.41, 5.74) is 2.76. The fourth-order valence-electron chi connectivity index (χ4n) is 3.31. The van der Waals surface area contributed by atoms with Crippen LogP contribution in [0.2, 0.25) is 0 Å². The normalized spacial score (nSPS) is 13.6. The Morgan fingerprint density at radius 1 is 1.19 bits per heavy atom. The van der Waals surface area contributed by atoms with Crippen molar-refractivity contribution in [3.8, 4) is 15.4 Å². The highest BCUT2D eigenvalue weighted by Crippen LogP contribution is 2.43. The second kappa shape index (κ2) is 7.40. The first-order valence-corrected chi connectivity index (χ1v) is 10.2. The Labute approximate surface area is 162 Å². The number of hydrogen-bond acceptors (Lipinski definition) is 5. The number of rotatable bonds is 5. The first-order valence-electron chi connectivity index (χ1n) is 8.39. The molecule has 1 N–H and O–H groups in total. The van der Waals surface area contributed by atoms with Gasteiger partial charge in [-0.1, -0.05) is 11.8 Å². The van der Waals surface area contributed by atoms with E-state index in [1.165, 1.54) is 23.5 Å². The molecule has 5 nitrogen and oxygen atoms in total. The van der Waals surface area contributed by atoms with E-state index in [4.69, 9.17) is 5.11 Å². The summed E-state index contributed by atoms with van der Waals surface area (Å²) in [5.74, 6) is -2.26. The fraction of sp³-hybridized carbons (Fsp3) is 0.278. The average Bonchev–Trinajstić information content (AvgIpc) is 3.23. The highest BCUT2D eigenvalue weighted by atomic mass is 32.2. The second-order valence-electron chi connectivity index (χ2n) is 6.22. The van der Waals surface area contributed by atoms with Gasteiger partial charge in [-0.25, -0.2) is 8.78 Å². The van der Waals surface area contributed by atoms with Gasteiger partial charge in [0.25, 0.3) is 0 Å². The minimum absolute atomic E-state index is 0.117. The van der Waals surface area contributed by atoms with Crippen LogP contribution in [-0.4, -0.2) is 31.6 Å². The lowest BCUT2D eigenvalue weighted by Crippen LogP contribution is -2.05. The summed E-state index contributed by atoms with van der Waals surface area (Å²) in [4.78, 5) is 11.7. The molecular formula is C18H15F2N3O2S2. The number of thiophene rings is 1. The van der Waals surface area contributed by atoms with Gasteiger partial charge in [0.05, 0.1) is 5.75 Å². The Kier molecular flexibility index (Phi) is 4.96. The Morgan fingerprint density at radius 2 is 1.89 bits per heavy atom. The second-order valence-corrected chi connectivity index (χ2v) is 8.17. The molecule has 1 aliphatic carbocycles. The molecule has 1 aromatic carbocycles. The number of thioether (sulfide) groups is 1. The van der Waals surface area contributed by atoms with Gasteiger partial charge < -0.3 is 5.11 Å². The predicted octanol–water partition coefficient (Wildman–Crippen LogP) is 4.33. The number of aromatic nitrogens is 3. The molecule has 4 rings (SSSR count). The minimum Gasteiger partial charge on any atom is -0.481 e. The molecule has 3 aromatic rings. The van der Waals surface area contributed by atoms with E-state index in [2.05, 4.69) is 10.2 Å². The first-order chi connectivity index (χ1) is 13.0. The van der Waals surface area contributed by atoms with Gasteiger partial charge in [0.15, 0.2) is 5.16 Å². The highest BCUT2D eigenvalue weighted by molar-refractivity contribution is 7.99. The average molecular weight is 407 g/mol. The van der Waals surface area contributed by atoms with Gasteiger partial charge in [-0.05, 0) is 54.5 Å². The monoisotopic (exact) mass is 407 g/mol. The zero-order valence-corrected chi connectivity index (χ0v) is 15.7. The summed E-state index contributed by atoms with van der Waals surface area (Å²) in [6.45, 7) is 0. The number of carboxylic acids is 1. The maximum absolute atomic E-state index is 13.7. The van der Waals surface area contributed by atoms with Crippen molar-refractivity contribution in [2.45, 2.75) is 30.8 Å². The third-order valence-corrected chi connectivity index (χ3v) is 6.63. The molecule has 2 heterocycles. The van der Waals surface area contributed by atoms with Crippen LogP contribution in [0.3, 0.4) is 0 Å². The predicted molar refractivity (Wildman–Crippen MR) is 99.6 cm³/mol. The molecular weight excluding hydrogens is 392 g/mol. The van der Waals surface area contributed by atoms with Crippen molar-refractivity contribution in [3.05, 3.63) is 47.3 Å². The smallest absolute Gasteiger partial charge is 0.313 e. The summed E-state index contributed by atoms with van der Waals surface area (Å²) in [6.07, 6.45) is 5.32. The van der Waals surface area contributed by atoms with Crippen molar-refractivity contribution in [1.29, 1.82) is 0 Å². The van der Waals surface area contributed by atoms with Crippen molar-refractivity contribution in [1.82, 2.24) is 14.8 Å². The molecule has 0 bridgehead atoms. The van der Waals surface area contributed by atoms with E-state index in [9.17, 15) is 13.6 Å². The molecule has 0 radical (unpaired) electrons. The molecule has 9 heteroatoms. The van der Waals surface area contributed by atoms with E-state index in [1.54, 1.807) is 10.9 Å². The molecule has 1 aliphatic rings. The van der Waals surface area contributed by atoms with Crippen LogP contribution in [0.4, 0.5) is 8.78 Å². The number of carboxylic acid groups (broad SMARTS) is 1. The standard InChI is InChI=1S/C18H15F2N3O2S2/c19-11-5-10(6-12(20)7-11)16-13-3-1-2-4-14(13)17(27-16)23-9-21-22-18(23)26-8-15(24)25/h5-7,9H,1-4,8H2,(H,24,25). The number of fused-ring (bicyclic) bond motifs is 1. The molecule has 0 amide bonds. The first kappa shape index (κ1) is 18.1. The van der Waals surface area contributed by atoms with Gasteiger partial charge in [-0.2, -0.15) is 0 Å². The molecule has 140 valence electrons. The van der Waals surface area contributed by atoms with E-state index in [1.807, 2.05) is 0 Å². The van der Waals surface area contributed by atoms with Crippen molar-refractivity contribution in [2.24, 2.45) is 0 Å². The molecule has 0 saturated carbocycles. The molecule has 0 atom stereocenters. The summed E-state index contributed by atoms with van der Waals surface area (Å²) in [6, 6.07) is 3.56. The Hall–Kier alpha value is -2.26. The quantitative estimate of drug-likeness (QED) is 0.638. The van der Waals surface area contributed by atoms with E-state index in [0.29, 0.717) is 10.7 Å². The zero-order valence-electron chi connectivity index (χ0n) is 14.1. The van der Waals surface area contributed by atoms with Gasteiger partial charge >= 0.3 is 5.97 Å². The Bertz CT molecular complexity index is 996. The van der Waals surface area contributed by atoms with Gasteiger partial charge in [-0.15, -0.1) is 21.5 Å². The lowest BCUT2D eigenvalue weighted by Gasteiger charge is -2.15. The highest BCUT2D eigenvalue weighted by Gasteiger charge is 2.25. The maximum atomic E-state index is 13.7. The van der Waals surface area contributed by atoms with Crippen LogP contribution in [0.15, 0.2) is 29.7 Å². The lowest BCUT2D eigenvalue weighted by atomic mass is 9.91. The topological polar surface area (TPSA) is 68.0 Å². The van der Waals surface area contributed by atoms with Crippen molar-refractivity contribution >= 4 is 29.1 Å². The summed E-state index contributed by atoms with van der Waals surface area (Å²) < 4.78 is 29.3. The number of benzene rings is 1. The number of hydrogen-bond donors (Lipinski definition) is 1.